The number of carbonyl (C=O) groups is 1. The molecule has 0 heterocycles. The molecule has 0 amide bonds. The summed E-state index contributed by atoms with van der Waals surface area (Å²) in [4.78, 5) is 9.39. The molecular formula is C3H5O3. The van der Waals surface area contributed by atoms with Crippen molar-refractivity contribution in [1.29, 1.82) is 0 Å². The second kappa shape index (κ2) is 1.77. The molecule has 3 nitrogen and oxygen atoms in total. The van der Waals surface area contributed by atoms with Gasteiger partial charge in [-0.05, 0) is 6.92 Å². The van der Waals surface area contributed by atoms with E-state index < -0.39 is 12.1 Å². The third-order valence-corrected chi connectivity index (χ3v) is 0.348. The molecule has 0 fully saturated rings. The summed E-state index contributed by atoms with van der Waals surface area (Å²) in [5.74, 6) is -1.30. The predicted octanol–water partition coefficient (Wildman–Crippen LogP) is -0.110. The molecule has 0 bridgehead atoms. The first kappa shape index (κ1) is 5.43. The zero-order chi connectivity index (χ0) is 5.15. The summed E-state index contributed by atoms with van der Waals surface area (Å²) in [6.07, 6.45) is -1.48. The van der Waals surface area contributed by atoms with E-state index in [1.807, 2.05) is 0 Å². The summed E-state index contributed by atoms with van der Waals surface area (Å²) in [5.41, 5.74) is 0. The highest BCUT2D eigenvalue weighted by atomic mass is 16.4. The van der Waals surface area contributed by atoms with Crippen LogP contribution in [0.4, 0.5) is 0 Å². The van der Waals surface area contributed by atoms with Crippen molar-refractivity contribution in [3.05, 3.63) is 0 Å². The second-order valence-corrected chi connectivity index (χ2v) is 0.980. The molecule has 1 N–H and O–H groups in total. The fourth-order valence-corrected chi connectivity index (χ4v) is 0. The van der Waals surface area contributed by atoms with Gasteiger partial charge in [-0.15, -0.1) is 0 Å². The van der Waals surface area contributed by atoms with E-state index in [0.717, 1.165) is 6.92 Å². The molecule has 0 aliphatic heterocycles. The molecule has 1 radical (unpaired) electrons. The van der Waals surface area contributed by atoms with Crippen LogP contribution >= 0.6 is 0 Å². The van der Waals surface area contributed by atoms with Gasteiger partial charge in [0.15, 0.2) is 6.10 Å². The van der Waals surface area contributed by atoms with Crippen molar-refractivity contribution >= 4 is 5.97 Å². The van der Waals surface area contributed by atoms with Crippen molar-refractivity contribution in [2.24, 2.45) is 0 Å². The van der Waals surface area contributed by atoms with E-state index >= 15 is 0 Å². The molecule has 0 aliphatic rings. The number of hydrogen-bond acceptors (Lipinski definition) is 1. The van der Waals surface area contributed by atoms with E-state index in [1.54, 1.807) is 0 Å². The molecule has 0 aromatic heterocycles. The van der Waals surface area contributed by atoms with Gasteiger partial charge in [0, 0.05) is 0 Å². The van der Waals surface area contributed by atoms with Gasteiger partial charge >= 0.3 is 5.97 Å². The van der Waals surface area contributed by atoms with Crippen LogP contribution in [0, 0.1) is 0 Å². The Bertz CT molecular complexity index is 57.1. The van der Waals surface area contributed by atoms with Gasteiger partial charge < -0.3 is 5.11 Å². The summed E-state index contributed by atoms with van der Waals surface area (Å²) >= 11 is 0. The summed E-state index contributed by atoms with van der Waals surface area (Å²) in [6.45, 7) is 1.09. The number of aliphatic carboxylic acids is 1. The molecule has 1 atom stereocenters. The standard InChI is InChI=1S/C3H5O3/c1-2(4)3(5)6/h2H,1H3,(H,5,6). The molecule has 1 unspecified atom stereocenters. The largest absolute Gasteiger partial charge is 0.479 e. The number of hydrogen-bond donors (Lipinski definition) is 1. The molecule has 3 heteroatoms. The molecule has 0 rings (SSSR count). The second-order valence-electron chi connectivity index (χ2n) is 0.980. The van der Waals surface area contributed by atoms with Crippen molar-refractivity contribution in [3.63, 3.8) is 0 Å². The first-order chi connectivity index (χ1) is 2.64. The Balaban J connectivity index is 3.26. The van der Waals surface area contributed by atoms with Crippen LogP contribution in [0.1, 0.15) is 6.92 Å². The molecule has 35 valence electrons. The van der Waals surface area contributed by atoms with Gasteiger partial charge in [0.2, 0.25) is 0 Å². The molecule has 6 heavy (non-hydrogen) atoms. The summed E-state index contributed by atoms with van der Waals surface area (Å²) in [6, 6.07) is 0. The number of rotatable bonds is 1. The van der Waals surface area contributed by atoms with Gasteiger partial charge in [0.05, 0.1) is 0 Å². The van der Waals surface area contributed by atoms with Crippen LogP contribution in [0.15, 0.2) is 0 Å². The van der Waals surface area contributed by atoms with E-state index in [4.69, 9.17) is 5.11 Å². The van der Waals surface area contributed by atoms with Crippen molar-refractivity contribution < 1.29 is 15.0 Å². The fraction of sp³-hybridized carbons (Fsp3) is 0.667. The van der Waals surface area contributed by atoms with Gasteiger partial charge in [-0.3, -0.25) is 0 Å². The smallest absolute Gasteiger partial charge is 0.335 e. The van der Waals surface area contributed by atoms with E-state index in [1.165, 1.54) is 0 Å². The lowest BCUT2D eigenvalue weighted by Crippen LogP contribution is -2.11. The normalized spacial score (nSPS) is 13.7. The van der Waals surface area contributed by atoms with Crippen molar-refractivity contribution in [2.75, 3.05) is 0 Å². The quantitative estimate of drug-likeness (QED) is 0.487. The van der Waals surface area contributed by atoms with Crippen LogP contribution in [0.25, 0.3) is 0 Å². The van der Waals surface area contributed by atoms with Crippen molar-refractivity contribution in [2.45, 2.75) is 13.0 Å². The minimum absolute atomic E-state index is 1.09. The zero-order valence-corrected chi connectivity index (χ0v) is 3.34. The van der Waals surface area contributed by atoms with Crippen LogP contribution in [0.2, 0.25) is 0 Å². The molecule has 0 aromatic rings. The predicted molar refractivity (Wildman–Crippen MR) is 17.8 cm³/mol. The molecule has 0 spiro atoms. The lowest BCUT2D eigenvalue weighted by atomic mass is 10.4. The zero-order valence-electron chi connectivity index (χ0n) is 3.34. The van der Waals surface area contributed by atoms with E-state index in [9.17, 15) is 9.90 Å². The maximum absolute atomic E-state index is 9.63. The van der Waals surface area contributed by atoms with Crippen LogP contribution in [0.5, 0.6) is 0 Å². The molecule has 0 aromatic carbocycles. The summed E-state index contributed by atoms with van der Waals surface area (Å²) < 4.78 is 0. The van der Waals surface area contributed by atoms with Crippen LogP contribution in [-0.4, -0.2) is 17.2 Å². The minimum Gasteiger partial charge on any atom is -0.479 e. The first-order valence-corrected chi connectivity index (χ1v) is 1.53. The Morgan fingerprint density at radius 2 is 2.00 bits per heavy atom. The highest BCUT2D eigenvalue weighted by Crippen LogP contribution is 1.75. The molecule has 0 saturated heterocycles. The molecule has 0 aliphatic carbocycles. The van der Waals surface area contributed by atoms with Gasteiger partial charge in [-0.25, -0.2) is 9.90 Å². The minimum atomic E-state index is -1.48. The van der Waals surface area contributed by atoms with E-state index in [0.29, 0.717) is 0 Å². The summed E-state index contributed by atoms with van der Waals surface area (Å²) in [7, 11) is 0. The molecular weight excluding hydrogens is 84.0 g/mol. The van der Waals surface area contributed by atoms with E-state index in [2.05, 4.69) is 0 Å². The average molecular weight is 89.1 g/mol. The number of carboxylic acid groups (broad SMARTS) is 1. The van der Waals surface area contributed by atoms with E-state index in [-0.39, 0.29) is 0 Å². The maximum Gasteiger partial charge on any atom is 0.335 e. The monoisotopic (exact) mass is 89.0 g/mol. The highest BCUT2D eigenvalue weighted by Gasteiger charge is 2.04. The van der Waals surface area contributed by atoms with Crippen LogP contribution < -0.4 is 0 Å². The van der Waals surface area contributed by atoms with Crippen LogP contribution in [0.3, 0.4) is 0 Å². The lowest BCUT2D eigenvalue weighted by molar-refractivity contribution is -0.148. The van der Waals surface area contributed by atoms with Gasteiger partial charge in [0.1, 0.15) is 0 Å². The lowest BCUT2D eigenvalue weighted by Gasteiger charge is -1.85. The first-order valence-electron chi connectivity index (χ1n) is 1.53. The van der Waals surface area contributed by atoms with Crippen molar-refractivity contribution in [3.8, 4) is 0 Å². The Hall–Kier alpha value is -0.570. The van der Waals surface area contributed by atoms with Crippen molar-refractivity contribution in [1.82, 2.24) is 0 Å². The van der Waals surface area contributed by atoms with Gasteiger partial charge in [0.25, 0.3) is 0 Å². The number of carboxylic acids is 1. The Kier molecular flexibility index (Phi) is 1.60. The molecule has 0 saturated carbocycles. The summed E-state index contributed by atoms with van der Waals surface area (Å²) in [5, 5.41) is 17.3. The Labute approximate surface area is 35.2 Å². The Morgan fingerprint density at radius 1 is 1.83 bits per heavy atom. The fourth-order valence-electron chi connectivity index (χ4n) is 0. The SMILES string of the molecule is CC([O])C(=O)O. The van der Waals surface area contributed by atoms with Gasteiger partial charge in [-0.1, -0.05) is 0 Å². The van der Waals surface area contributed by atoms with Gasteiger partial charge in [-0.2, -0.15) is 0 Å². The average Bonchev–Trinajstić information content (AvgIpc) is 1.36. The highest BCUT2D eigenvalue weighted by molar-refractivity contribution is 5.71. The topological polar surface area (TPSA) is 57.2 Å². The van der Waals surface area contributed by atoms with Crippen LogP contribution in [-0.2, 0) is 9.90 Å². The third kappa shape index (κ3) is 1.72. The third-order valence-electron chi connectivity index (χ3n) is 0.348. The maximum atomic E-state index is 9.63. The Morgan fingerprint density at radius 3 is 2.00 bits per heavy atom.